The molecule has 0 atom stereocenters. The number of rotatable bonds is 7. The van der Waals surface area contributed by atoms with E-state index < -0.39 is 10.0 Å². The van der Waals surface area contributed by atoms with E-state index in [1.165, 1.54) is 11.8 Å². The van der Waals surface area contributed by atoms with E-state index in [2.05, 4.69) is 31.1 Å². The van der Waals surface area contributed by atoms with Crippen molar-refractivity contribution in [3.05, 3.63) is 53.4 Å². The monoisotopic (exact) mass is 334 g/mol. The van der Waals surface area contributed by atoms with E-state index in [-0.39, 0.29) is 11.8 Å². The van der Waals surface area contributed by atoms with Crippen LogP contribution in [-0.2, 0) is 22.3 Å². The van der Waals surface area contributed by atoms with Gasteiger partial charge < -0.3 is 4.52 Å². The van der Waals surface area contributed by atoms with E-state index in [1.54, 1.807) is 10.4 Å². The highest BCUT2D eigenvalue weighted by Crippen LogP contribution is 2.32. The molecule has 6 heteroatoms. The summed E-state index contributed by atoms with van der Waals surface area (Å²) in [6, 6.07) is 9.92. The summed E-state index contributed by atoms with van der Waals surface area (Å²) >= 11 is 0. The summed E-state index contributed by atoms with van der Waals surface area (Å²) in [6.45, 7) is 4.71. The van der Waals surface area contributed by atoms with Crippen LogP contribution >= 0.6 is 0 Å². The summed E-state index contributed by atoms with van der Waals surface area (Å²) in [5.74, 6) is 0.365. The van der Waals surface area contributed by atoms with Crippen molar-refractivity contribution in [1.82, 2.24) is 9.46 Å². The average molecular weight is 334 g/mol. The molecule has 0 N–H and O–H groups in total. The number of aromatic nitrogens is 1. The Morgan fingerprint density at radius 2 is 1.91 bits per heavy atom. The largest absolute Gasteiger partial charge is 0.364 e. The first kappa shape index (κ1) is 16.2. The van der Waals surface area contributed by atoms with Gasteiger partial charge in [0.1, 0.15) is 12.0 Å². The zero-order valence-corrected chi connectivity index (χ0v) is 14.3. The van der Waals surface area contributed by atoms with Gasteiger partial charge in [0.15, 0.2) is 0 Å². The average Bonchev–Trinajstić information content (AvgIpc) is 3.22. The lowest BCUT2D eigenvalue weighted by atomic mass is 10.0. The highest BCUT2D eigenvalue weighted by molar-refractivity contribution is 7.88. The first-order chi connectivity index (χ1) is 11.0. The second-order valence-electron chi connectivity index (χ2n) is 6.42. The molecule has 0 bridgehead atoms. The zero-order chi connectivity index (χ0) is 16.4. The molecule has 5 nitrogen and oxygen atoms in total. The molecule has 124 valence electrons. The van der Waals surface area contributed by atoms with Crippen molar-refractivity contribution in [2.24, 2.45) is 0 Å². The molecule has 1 heterocycles. The van der Waals surface area contributed by atoms with Crippen molar-refractivity contribution in [3.8, 4) is 0 Å². The molecular formula is C17H22N2O3S. The Hall–Kier alpha value is -1.66. The van der Waals surface area contributed by atoms with Crippen molar-refractivity contribution < 1.29 is 12.9 Å². The predicted molar refractivity (Wildman–Crippen MR) is 88.2 cm³/mol. The van der Waals surface area contributed by atoms with Crippen LogP contribution in [0, 0.1) is 0 Å². The van der Waals surface area contributed by atoms with Gasteiger partial charge in [-0.2, -0.15) is 4.31 Å². The van der Waals surface area contributed by atoms with Crippen LogP contribution in [0.1, 0.15) is 49.4 Å². The maximum atomic E-state index is 12.7. The Kier molecular flexibility index (Phi) is 4.55. The van der Waals surface area contributed by atoms with Gasteiger partial charge in [0.2, 0.25) is 10.0 Å². The molecule has 1 fully saturated rings. The van der Waals surface area contributed by atoms with Gasteiger partial charge >= 0.3 is 0 Å². The molecule has 0 amide bonds. The summed E-state index contributed by atoms with van der Waals surface area (Å²) in [5, 5.41) is 3.72. The molecule has 0 saturated heterocycles. The number of nitrogens with zero attached hydrogens (tertiary/aromatic N) is 2. The normalized spacial score (nSPS) is 15.5. The van der Waals surface area contributed by atoms with Crippen LogP contribution < -0.4 is 0 Å². The fraction of sp³-hybridized carbons (Fsp3) is 0.471. The van der Waals surface area contributed by atoms with E-state index in [9.17, 15) is 8.42 Å². The summed E-state index contributed by atoms with van der Waals surface area (Å²) in [4.78, 5) is 0. The van der Waals surface area contributed by atoms with Gasteiger partial charge in [-0.25, -0.2) is 8.42 Å². The summed E-state index contributed by atoms with van der Waals surface area (Å²) in [6.07, 6.45) is 3.27. The fourth-order valence-corrected chi connectivity index (χ4v) is 4.29. The summed E-state index contributed by atoms with van der Waals surface area (Å²) in [7, 11) is -3.40. The fourth-order valence-electron chi connectivity index (χ4n) is 2.59. The standard InChI is InChI=1S/C17H22N2O3S/c1-13(2)15-5-3-14(4-6-15)11-19(17-7-8-17)23(20,21)12-16-9-10-22-18-16/h3-6,9-10,13,17H,7-8,11-12H2,1-2H3. The highest BCUT2D eigenvalue weighted by Gasteiger charge is 2.37. The van der Waals surface area contributed by atoms with Gasteiger partial charge in [-0.05, 0) is 29.9 Å². The summed E-state index contributed by atoms with van der Waals surface area (Å²) in [5.41, 5.74) is 2.73. The lowest BCUT2D eigenvalue weighted by Crippen LogP contribution is -2.33. The maximum absolute atomic E-state index is 12.7. The minimum Gasteiger partial charge on any atom is -0.364 e. The van der Waals surface area contributed by atoms with Crippen molar-refractivity contribution in [2.75, 3.05) is 0 Å². The third-order valence-electron chi connectivity index (χ3n) is 4.12. The molecule has 2 aromatic rings. The third-order valence-corrected chi connectivity index (χ3v) is 5.92. The lowest BCUT2D eigenvalue weighted by Gasteiger charge is -2.21. The second kappa shape index (κ2) is 6.45. The quantitative estimate of drug-likeness (QED) is 0.779. The Morgan fingerprint density at radius 3 is 2.43 bits per heavy atom. The molecule has 1 aromatic carbocycles. The molecule has 0 unspecified atom stereocenters. The molecule has 0 spiro atoms. The third kappa shape index (κ3) is 4.00. The van der Waals surface area contributed by atoms with Crippen molar-refractivity contribution in [1.29, 1.82) is 0 Å². The Morgan fingerprint density at radius 1 is 1.22 bits per heavy atom. The highest BCUT2D eigenvalue weighted by atomic mass is 32.2. The maximum Gasteiger partial charge on any atom is 0.220 e. The summed E-state index contributed by atoms with van der Waals surface area (Å²) < 4.78 is 31.8. The second-order valence-corrected chi connectivity index (χ2v) is 8.34. The van der Waals surface area contributed by atoms with Crippen molar-refractivity contribution >= 4 is 10.0 Å². The van der Waals surface area contributed by atoms with E-state index in [4.69, 9.17) is 4.52 Å². The molecule has 1 aromatic heterocycles. The Bertz CT molecular complexity index is 733. The van der Waals surface area contributed by atoms with Gasteiger partial charge in [0, 0.05) is 18.7 Å². The van der Waals surface area contributed by atoms with Crippen LogP contribution in [-0.4, -0.2) is 23.9 Å². The number of sulfonamides is 1. The topological polar surface area (TPSA) is 63.4 Å². The van der Waals surface area contributed by atoms with E-state index in [0.29, 0.717) is 18.2 Å². The SMILES string of the molecule is CC(C)c1ccc(CN(C2CC2)S(=O)(=O)Cc2ccon2)cc1. The van der Waals surface area contributed by atoms with Gasteiger partial charge in [-0.15, -0.1) is 0 Å². The van der Waals surface area contributed by atoms with Crippen LogP contribution in [0.2, 0.25) is 0 Å². The molecule has 3 rings (SSSR count). The Labute approximate surface area is 137 Å². The first-order valence-electron chi connectivity index (χ1n) is 7.93. The van der Waals surface area contributed by atoms with Gasteiger partial charge in [0.05, 0.1) is 5.69 Å². The van der Waals surface area contributed by atoms with Crippen LogP contribution in [0.3, 0.4) is 0 Å². The number of hydrogen-bond acceptors (Lipinski definition) is 4. The van der Waals surface area contributed by atoms with E-state index in [1.807, 2.05) is 12.1 Å². The lowest BCUT2D eigenvalue weighted by molar-refractivity contribution is 0.392. The van der Waals surface area contributed by atoms with E-state index >= 15 is 0 Å². The number of benzene rings is 1. The van der Waals surface area contributed by atoms with Crippen LogP contribution in [0.15, 0.2) is 41.1 Å². The van der Waals surface area contributed by atoms with Crippen molar-refractivity contribution in [3.63, 3.8) is 0 Å². The van der Waals surface area contributed by atoms with E-state index in [0.717, 1.165) is 18.4 Å². The minimum atomic E-state index is -3.40. The van der Waals surface area contributed by atoms with Crippen LogP contribution in [0.4, 0.5) is 0 Å². The first-order valence-corrected chi connectivity index (χ1v) is 9.54. The number of hydrogen-bond donors (Lipinski definition) is 0. The zero-order valence-electron chi connectivity index (χ0n) is 13.5. The molecule has 0 radical (unpaired) electrons. The molecule has 1 saturated carbocycles. The van der Waals surface area contributed by atoms with Gasteiger partial charge in [0.25, 0.3) is 0 Å². The smallest absolute Gasteiger partial charge is 0.220 e. The predicted octanol–water partition coefficient (Wildman–Crippen LogP) is 3.29. The molecule has 0 aliphatic heterocycles. The molecule has 1 aliphatic carbocycles. The molecular weight excluding hydrogens is 312 g/mol. The molecule has 23 heavy (non-hydrogen) atoms. The van der Waals surface area contributed by atoms with Crippen LogP contribution in [0.25, 0.3) is 0 Å². The van der Waals surface area contributed by atoms with Gasteiger partial charge in [-0.3, -0.25) is 0 Å². The molecule has 1 aliphatic rings. The van der Waals surface area contributed by atoms with Crippen LogP contribution in [0.5, 0.6) is 0 Å². The van der Waals surface area contributed by atoms with Gasteiger partial charge in [-0.1, -0.05) is 43.3 Å². The van der Waals surface area contributed by atoms with Crippen molar-refractivity contribution in [2.45, 2.75) is 50.9 Å². The Balaban J connectivity index is 1.76. The minimum absolute atomic E-state index is 0.107.